The third-order valence-electron chi connectivity index (χ3n) is 3.42. The number of benzene rings is 2. The number of ether oxygens (including phenoxy) is 2. The lowest BCUT2D eigenvalue weighted by molar-refractivity contribution is 0.0939. The number of hydrogen-bond donors (Lipinski definition) is 1. The first-order valence-electron chi connectivity index (χ1n) is 6.94. The van der Waals surface area contributed by atoms with Crippen molar-refractivity contribution in [1.29, 1.82) is 0 Å². The second kappa shape index (κ2) is 7.70. The Balaban J connectivity index is 2.26. The third kappa shape index (κ3) is 4.18. The first kappa shape index (κ1) is 17.6. The molecule has 0 unspecified atom stereocenters. The van der Waals surface area contributed by atoms with Crippen LogP contribution in [-0.2, 0) is 0 Å². The molecule has 0 saturated heterocycles. The van der Waals surface area contributed by atoms with Crippen LogP contribution in [0.1, 0.15) is 28.9 Å². The van der Waals surface area contributed by atoms with Crippen LogP contribution in [0.15, 0.2) is 40.9 Å². The minimum Gasteiger partial charge on any atom is -0.497 e. The monoisotopic (exact) mass is 397 g/mol. The highest BCUT2D eigenvalue weighted by Gasteiger charge is 2.18. The molecule has 23 heavy (non-hydrogen) atoms. The molecular formula is C17H17BrClNO3. The molecule has 1 amide bonds. The van der Waals surface area contributed by atoms with E-state index in [1.807, 2.05) is 25.1 Å². The highest BCUT2D eigenvalue weighted by molar-refractivity contribution is 9.10. The van der Waals surface area contributed by atoms with Gasteiger partial charge < -0.3 is 14.8 Å². The molecule has 0 radical (unpaired) electrons. The van der Waals surface area contributed by atoms with Gasteiger partial charge in [-0.2, -0.15) is 0 Å². The van der Waals surface area contributed by atoms with Crippen LogP contribution in [0, 0.1) is 0 Å². The van der Waals surface area contributed by atoms with Gasteiger partial charge in [0.05, 0.1) is 30.8 Å². The van der Waals surface area contributed by atoms with Crippen molar-refractivity contribution in [3.05, 3.63) is 57.0 Å². The second-order valence-electron chi connectivity index (χ2n) is 4.93. The van der Waals surface area contributed by atoms with Crippen LogP contribution in [0.4, 0.5) is 0 Å². The van der Waals surface area contributed by atoms with Gasteiger partial charge in [-0.3, -0.25) is 4.79 Å². The Morgan fingerprint density at radius 3 is 2.57 bits per heavy atom. The quantitative estimate of drug-likeness (QED) is 0.800. The number of carbonyl (C=O) groups is 1. The van der Waals surface area contributed by atoms with Crippen LogP contribution < -0.4 is 14.8 Å². The molecule has 2 rings (SSSR count). The van der Waals surface area contributed by atoms with E-state index >= 15 is 0 Å². The molecule has 0 spiro atoms. The number of methoxy groups -OCH3 is 2. The Labute approximate surface area is 148 Å². The largest absolute Gasteiger partial charge is 0.497 e. The summed E-state index contributed by atoms with van der Waals surface area (Å²) >= 11 is 9.44. The molecule has 122 valence electrons. The first-order valence-corrected chi connectivity index (χ1v) is 8.11. The molecule has 2 aromatic rings. The zero-order valence-corrected chi connectivity index (χ0v) is 15.4. The fourth-order valence-electron chi connectivity index (χ4n) is 2.20. The van der Waals surface area contributed by atoms with Gasteiger partial charge in [-0.05, 0) is 43.3 Å². The number of carbonyl (C=O) groups excluding carboxylic acids is 1. The van der Waals surface area contributed by atoms with E-state index in [-0.39, 0.29) is 11.9 Å². The van der Waals surface area contributed by atoms with E-state index in [0.717, 1.165) is 10.0 Å². The predicted octanol–water partition coefficient (Wildman–Crippen LogP) is 4.61. The van der Waals surface area contributed by atoms with E-state index in [2.05, 4.69) is 21.2 Å². The summed E-state index contributed by atoms with van der Waals surface area (Å²) in [6, 6.07) is 10.3. The fraction of sp³-hybridized carbons (Fsp3) is 0.235. The smallest absolute Gasteiger partial charge is 0.253 e. The zero-order valence-electron chi connectivity index (χ0n) is 13.0. The highest BCUT2D eigenvalue weighted by atomic mass is 79.9. The van der Waals surface area contributed by atoms with E-state index < -0.39 is 0 Å². The summed E-state index contributed by atoms with van der Waals surface area (Å²) in [5, 5.41) is 3.33. The summed E-state index contributed by atoms with van der Waals surface area (Å²) in [7, 11) is 3.18. The van der Waals surface area contributed by atoms with Gasteiger partial charge in [0.2, 0.25) is 0 Å². The topological polar surface area (TPSA) is 47.6 Å². The van der Waals surface area contributed by atoms with Gasteiger partial charge >= 0.3 is 0 Å². The lowest BCUT2D eigenvalue weighted by Gasteiger charge is -2.18. The Kier molecular flexibility index (Phi) is 5.91. The van der Waals surface area contributed by atoms with Crippen molar-refractivity contribution in [3.63, 3.8) is 0 Å². The summed E-state index contributed by atoms with van der Waals surface area (Å²) in [6.45, 7) is 1.88. The standard InChI is InChI=1S/C17H17BrClNO3/c1-10(13-9-12(22-2)5-7-16(13)23-3)20-17(21)14-8-11(18)4-6-15(14)19/h4-10H,1-3H3,(H,20,21)/t10-/m0/s1. The number of amides is 1. The van der Waals surface area contributed by atoms with Gasteiger partial charge in [0.1, 0.15) is 11.5 Å². The van der Waals surface area contributed by atoms with Crippen LogP contribution in [-0.4, -0.2) is 20.1 Å². The Bertz CT molecular complexity index is 721. The van der Waals surface area contributed by atoms with Gasteiger partial charge in [-0.15, -0.1) is 0 Å². The summed E-state index contributed by atoms with van der Waals surface area (Å²) in [5.74, 6) is 1.12. The molecule has 4 nitrogen and oxygen atoms in total. The maximum absolute atomic E-state index is 12.5. The fourth-order valence-corrected chi connectivity index (χ4v) is 2.77. The average Bonchev–Trinajstić information content (AvgIpc) is 2.56. The number of halogens is 2. The minimum absolute atomic E-state index is 0.256. The molecule has 0 aliphatic heterocycles. The van der Waals surface area contributed by atoms with Crippen LogP contribution in [0.3, 0.4) is 0 Å². The first-order chi connectivity index (χ1) is 11.0. The second-order valence-corrected chi connectivity index (χ2v) is 6.25. The van der Waals surface area contributed by atoms with Crippen LogP contribution in [0.2, 0.25) is 5.02 Å². The SMILES string of the molecule is COc1ccc(OC)c([C@H](C)NC(=O)c2cc(Br)ccc2Cl)c1. The molecule has 0 aliphatic rings. The van der Waals surface area contributed by atoms with Crippen molar-refractivity contribution in [3.8, 4) is 11.5 Å². The number of nitrogens with one attached hydrogen (secondary N) is 1. The predicted molar refractivity (Wildman–Crippen MR) is 94.6 cm³/mol. The molecule has 0 saturated carbocycles. The maximum atomic E-state index is 12.5. The van der Waals surface area contributed by atoms with Gasteiger partial charge in [0.25, 0.3) is 5.91 Å². The summed E-state index contributed by atoms with van der Waals surface area (Å²) in [5.41, 5.74) is 1.24. The van der Waals surface area contributed by atoms with E-state index in [1.54, 1.807) is 32.4 Å². The summed E-state index contributed by atoms with van der Waals surface area (Å²) in [6.07, 6.45) is 0. The molecule has 1 atom stereocenters. The van der Waals surface area contributed by atoms with E-state index in [1.165, 1.54) is 0 Å². The van der Waals surface area contributed by atoms with Gasteiger partial charge in [-0.1, -0.05) is 27.5 Å². The molecule has 0 heterocycles. The molecule has 2 aromatic carbocycles. The Hall–Kier alpha value is -1.72. The van der Waals surface area contributed by atoms with Gasteiger partial charge in [-0.25, -0.2) is 0 Å². The number of rotatable bonds is 5. The zero-order chi connectivity index (χ0) is 17.0. The molecule has 0 aliphatic carbocycles. The van der Waals surface area contributed by atoms with Crippen LogP contribution >= 0.6 is 27.5 Å². The Morgan fingerprint density at radius 1 is 1.17 bits per heavy atom. The van der Waals surface area contributed by atoms with Crippen molar-refractivity contribution in [1.82, 2.24) is 5.32 Å². The normalized spacial score (nSPS) is 11.7. The van der Waals surface area contributed by atoms with Crippen molar-refractivity contribution < 1.29 is 14.3 Å². The van der Waals surface area contributed by atoms with E-state index in [9.17, 15) is 4.79 Å². The minimum atomic E-state index is -0.275. The molecule has 6 heteroatoms. The molecule has 0 fully saturated rings. The lowest BCUT2D eigenvalue weighted by Crippen LogP contribution is -2.27. The molecular weight excluding hydrogens is 382 g/mol. The van der Waals surface area contributed by atoms with Crippen molar-refractivity contribution in [2.75, 3.05) is 14.2 Å². The third-order valence-corrected chi connectivity index (χ3v) is 4.25. The van der Waals surface area contributed by atoms with Gasteiger partial charge in [0, 0.05) is 10.0 Å². The molecule has 0 aromatic heterocycles. The van der Waals surface area contributed by atoms with Crippen molar-refractivity contribution in [2.24, 2.45) is 0 Å². The van der Waals surface area contributed by atoms with Gasteiger partial charge in [0.15, 0.2) is 0 Å². The van der Waals surface area contributed by atoms with Crippen molar-refractivity contribution >= 4 is 33.4 Å². The highest BCUT2D eigenvalue weighted by Crippen LogP contribution is 2.30. The number of hydrogen-bond acceptors (Lipinski definition) is 3. The summed E-state index contributed by atoms with van der Waals surface area (Å²) < 4.78 is 11.4. The maximum Gasteiger partial charge on any atom is 0.253 e. The van der Waals surface area contributed by atoms with Crippen LogP contribution in [0.25, 0.3) is 0 Å². The van der Waals surface area contributed by atoms with Crippen molar-refractivity contribution in [2.45, 2.75) is 13.0 Å². The summed E-state index contributed by atoms with van der Waals surface area (Å²) in [4.78, 5) is 12.5. The van der Waals surface area contributed by atoms with E-state index in [0.29, 0.717) is 22.1 Å². The molecule has 1 N–H and O–H groups in total. The van der Waals surface area contributed by atoms with Crippen LogP contribution in [0.5, 0.6) is 11.5 Å². The lowest BCUT2D eigenvalue weighted by atomic mass is 10.1. The Morgan fingerprint density at radius 2 is 1.91 bits per heavy atom. The van der Waals surface area contributed by atoms with E-state index in [4.69, 9.17) is 21.1 Å². The average molecular weight is 399 g/mol. The molecule has 0 bridgehead atoms.